The lowest BCUT2D eigenvalue weighted by Crippen LogP contribution is -2.36. The number of likely N-dealkylation sites (tertiary alicyclic amines) is 1. The zero-order valence-electron chi connectivity index (χ0n) is 16.6. The van der Waals surface area contributed by atoms with Crippen molar-refractivity contribution < 1.29 is 9.59 Å². The van der Waals surface area contributed by atoms with Gasteiger partial charge in [0.1, 0.15) is 5.65 Å². The number of nitrogens with zero attached hydrogens (tertiary/aromatic N) is 3. The first kappa shape index (κ1) is 20.2. The van der Waals surface area contributed by atoms with E-state index in [4.69, 9.17) is 11.6 Å². The van der Waals surface area contributed by atoms with Crippen LogP contribution in [0.25, 0.3) is 5.65 Å². The summed E-state index contributed by atoms with van der Waals surface area (Å²) in [6.07, 6.45) is 6.91. The SMILES string of the molecule is O=C(NCc1cccc(C(=O)N2CCCCC2)c1)NCc1cn2cc(Cl)ccc2n1. The number of hydrogen-bond donors (Lipinski definition) is 2. The first-order valence-corrected chi connectivity index (χ1v) is 10.5. The highest BCUT2D eigenvalue weighted by atomic mass is 35.5. The molecule has 0 unspecified atom stereocenters. The van der Waals surface area contributed by atoms with Gasteiger partial charge in [-0.15, -0.1) is 0 Å². The van der Waals surface area contributed by atoms with Crippen LogP contribution in [0.2, 0.25) is 5.02 Å². The third-order valence-electron chi connectivity index (χ3n) is 5.17. The minimum absolute atomic E-state index is 0.0629. The Bertz CT molecular complexity index is 1060. The summed E-state index contributed by atoms with van der Waals surface area (Å²) in [5.74, 6) is 0.0629. The summed E-state index contributed by atoms with van der Waals surface area (Å²) in [5, 5.41) is 6.25. The van der Waals surface area contributed by atoms with Crippen LogP contribution >= 0.6 is 11.6 Å². The molecule has 3 heterocycles. The molecule has 0 aliphatic carbocycles. The number of amides is 3. The number of fused-ring (bicyclic) bond motifs is 1. The highest BCUT2D eigenvalue weighted by molar-refractivity contribution is 6.30. The van der Waals surface area contributed by atoms with E-state index in [1.807, 2.05) is 45.8 Å². The van der Waals surface area contributed by atoms with Crippen LogP contribution in [0.1, 0.15) is 40.9 Å². The van der Waals surface area contributed by atoms with E-state index < -0.39 is 0 Å². The lowest BCUT2D eigenvalue weighted by molar-refractivity contribution is 0.0724. The first-order chi connectivity index (χ1) is 14.6. The summed E-state index contributed by atoms with van der Waals surface area (Å²) < 4.78 is 1.82. The molecule has 0 atom stereocenters. The van der Waals surface area contributed by atoms with Crippen LogP contribution in [0.4, 0.5) is 4.79 Å². The van der Waals surface area contributed by atoms with Crippen LogP contribution in [0.3, 0.4) is 0 Å². The number of rotatable bonds is 5. The van der Waals surface area contributed by atoms with Gasteiger partial charge < -0.3 is 19.9 Å². The van der Waals surface area contributed by atoms with Crippen molar-refractivity contribution in [2.45, 2.75) is 32.4 Å². The number of pyridine rings is 1. The number of benzene rings is 1. The number of nitrogens with one attached hydrogen (secondary N) is 2. The lowest BCUT2D eigenvalue weighted by Gasteiger charge is -2.26. The second-order valence-corrected chi connectivity index (χ2v) is 7.87. The first-order valence-electron chi connectivity index (χ1n) is 10.1. The van der Waals surface area contributed by atoms with E-state index in [0.29, 0.717) is 23.7 Å². The van der Waals surface area contributed by atoms with Crippen molar-refractivity contribution in [2.75, 3.05) is 13.1 Å². The smallest absolute Gasteiger partial charge is 0.315 e. The molecule has 30 heavy (non-hydrogen) atoms. The summed E-state index contributed by atoms with van der Waals surface area (Å²) in [4.78, 5) is 31.2. The predicted octanol–water partition coefficient (Wildman–Crippen LogP) is 3.61. The third kappa shape index (κ3) is 4.91. The molecule has 3 aromatic rings. The Hall–Kier alpha value is -3.06. The van der Waals surface area contributed by atoms with E-state index in [1.165, 1.54) is 6.42 Å². The van der Waals surface area contributed by atoms with E-state index in [-0.39, 0.29) is 11.9 Å². The number of hydrogen-bond acceptors (Lipinski definition) is 3. The molecule has 0 spiro atoms. The second kappa shape index (κ2) is 9.17. The van der Waals surface area contributed by atoms with Gasteiger partial charge >= 0.3 is 6.03 Å². The number of aromatic nitrogens is 2. The second-order valence-electron chi connectivity index (χ2n) is 7.43. The van der Waals surface area contributed by atoms with Crippen molar-refractivity contribution >= 4 is 29.2 Å². The quantitative estimate of drug-likeness (QED) is 0.655. The van der Waals surface area contributed by atoms with Crippen LogP contribution in [-0.2, 0) is 13.1 Å². The van der Waals surface area contributed by atoms with E-state index in [0.717, 1.165) is 42.8 Å². The van der Waals surface area contributed by atoms with Crippen LogP contribution < -0.4 is 10.6 Å². The third-order valence-corrected chi connectivity index (χ3v) is 5.39. The fraction of sp³-hybridized carbons (Fsp3) is 0.318. The topological polar surface area (TPSA) is 78.7 Å². The van der Waals surface area contributed by atoms with Crippen molar-refractivity contribution in [1.82, 2.24) is 24.9 Å². The molecule has 1 aliphatic rings. The number of halogens is 1. The largest absolute Gasteiger partial charge is 0.339 e. The summed E-state index contributed by atoms with van der Waals surface area (Å²) >= 11 is 5.98. The minimum Gasteiger partial charge on any atom is -0.339 e. The predicted molar refractivity (Wildman–Crippen MR) is 115 cm³/mol. The Morgan fingerprint density at radius 2 is 1.80 bits per heavy atom. The zero-order valence-corrected chi connectivity index (χ0v) is 17.4. The molecule has 1 saturated heterocycles. The van der Waals surface area contributed by atoms with E-state index >= 15 is 0 Å². The van der Waals surface area contributed by atoms with Gasteiger partial charge in [0.05, 0.1) is 17.3 Å². The molecule has 0 radical (unpaired) electrons. The maximum atomic E-state index is 12.7. The highest BCUT2D eigenvalue weighted by Gasteiger charge is 2.18. The number of piperidine rings is 1. The summed E-state index contributed by atoms with van der Waals surface area (Å²) in [6, 6.07) is 10.7. The van der Waals surface area contributed by atoms with Crippen molar-refractivity contribution in [3.05, 3.63) is 70.6 Å². The number of imidazole rings is 1. The Morgan fingerprint density at radius 1 is 1.00 bits per heavy atom. The van der Waals surface area contributed by atoms with Gasteiger partial charge in [0, 0.05) is 37.6 Å². The fourth-order valence-electron chi connectivity index (χ4n) is 3.61. The number of carbonyl (C=O) groups is 2. The normalized spacial score (nSPS) is 14.0. The van der Waals surface area contributed by atoms with Crippen molar-refractivity contribution in [1.29, 1.82) is 0 Å². The molecule has 8 heteroatoms. The molecule has 2 aromatic heterocycles. The van der Waals surface area contributed by atoms with Crippen molar-refractivity contribution in [3.8, 4) is 0 Å². The molecule has 0 bridgehead atoms. The average molecular weight is 426 g/mol. The maximum absolute atomic E-state index is 12.7. The van der Waals surface area contributed by atoms with Gasteiger partial charge in [-0.1, -0.05) is 23.7 Å². The Kier molecular flexibility index (Phi) is 6.18. The monoisotopic (exact) mass is 425 g/mol. The van der Waals surface area contributed by atoms with Crippen molar-refractivity contribution in [3.63, 3.8) is 0 Å². The summed E-state index contributed by atoms with van der Waals surface area (Å²) in [6.45, 7) is 2.28. The van der Waals surface area contributed by atoms with Crippen LogP contribution in [0, 0.1) is 0 Å². The Morgan fingerprint density at radius 3 is 2.63 bits per heavy atom. The summed E-state index contributed by atoms with van der Waals surface area (Å²) in [7, 11) is 0. The molecular weight excluding hydrogens is 402 g/mol. The average Bonchev–Trinajstić information content (AvgIpc) is 3.18. The van der Waals surface area contributed by atoms with Gasteiger partial charge in [0.2, 0.25) is 0 Å². The molecule has 1 aliphatic heterocycles. The minimum atomic E-state index is -0.294. The van der Waals surface area contributed by atoms with E-state index in [9.17, 15) is 9.59 Å². The van der Waals surface area contributed by atoms with Gasteiger partial charge in [0.25, 0.3) is 5.91 Å². The molecular formula is C22H24ClN5O2. The van der Waals surface area contributed by atoms with Gasteiger partial charge in [-0.05, 0) is 49.1 Å². The van der Waals surface area contributed by atoms with E-state index in [1.54, 1.807) is 12.3 Å². The van der Waals surface area contributed by atoms with Crippen LogP contribution in [0.5, 0.6) is 0 Å². The van der Waals surface area contributed by atoms with E-state index in [2.05, 4.69) is 15.6 Å². The maximum Gasteiger partial charge on any atom is 0.315 e. The molecule has 4 rings (SSSR count). The summed E-state index contributed by atoms with van der Waals surface area (Å²) in [5.41, 5.74) is 3.06. The highest BCUT2D eigenvalue weighted by Crippen LogP contribution is 2.14. The van der Waals surface area contributed by atoms with Crippen molar-refractivity contribution in [2.24, 2.45) is 0 Å². The standard InChI is InChI=1S/C22H24ClN5O2/c23-18-7-8-20-26-19(15-28(20)14-18)13-25-22(30)24-12-16-5-4-6-17(11-16)21(29)27-9-2-1-3-10-27/h4-8,11,14-15H,1-3,9-10,12-13H2,(H2,24,25,30). The lowest BCUT2D eigenvalue weighted by atomic mass is 10.1. The van der Waals surface area contributed by atoms with Gasteiger partial charge in [-0.2, -0.15) is 0 Å². The Labute approximate surface area is 180 Å². The molecule has 7 nitrogen and oxygen atoms in total. The molecule has 156 valence electrons. The molecule has 0 saturated carbocycles. The molecule has 1 fully saturated rings. The zero-order chi connectivity index (χ0) is 20.9. The Balaban J connectivity index is 1.29. The molecule has 1 aromatic carbocycles. The number of carbonyl (C=O) groups excluding carboxylic acids is 2. The van der Waals surface area contributed by atoms with Gasteiger partial charge in [-0.25, -0.2) is 9.78 Å². The fourth-order valence-corrected chi connectivity index (χ4v) is 3.78. The van der Waals surface area contributed by atoms with Gasteiger partial charge in [-0.3, -0.25) is 4.79 Å². The molecule has 2 N–H and O–H groups in total. The molecule has 3 amide bonds. The number of urea groups is 1. The van der Waals surface area contributed by atoms with Crippen LogP contribution in [-0.4, -0.2) is 39.3 Å². The van der Waals surface area contributed by atoms with Crippen LogP contribution in [0.15, 0.2) is 48.8 Å². The van der Waals surface area contributed by atoms with Gasteiger partial charge in [0.15, 0.2) is 0 Å².